The summed E-state index contributed by atoms with van der Waals surface area (Å²) in [5.74, 6) is -0.268. The van der Waals surface area contributed by atoms with E-state index in [4.69, 9.17) is 15.0 Å². The standard InChI is InChI=1S/C17H14FN3O3.ClH/c18-14-6-2-5-13(8-14)17-20-16(21-24-17)12-4-1-3-11(7-12)10-23-15(22)9-19;/h1-8H,9-10,19H2;1H. The number of halogens is 2. The first-order valence-corrected chi connectivity index (χ1v) is 7.20. The highest BCUT2D eigenvalue weighted by Gasteiger charge is 2.12. The molecule has 2 N–H and O–H groups in total. The molecular weight excluding hydrogens is 349 g/mol. The van der Waals surface area contributed by atoms with Gasteiger partial charge in [0.05, 0.1) is 6.54 Å². The van der Waals surface area contributed by atoms with E-state index in [-0.39, 0.29) is 37.3 Å². The second kappa shape index (κ2) is 8.36. The molecule has 0 atom stereocenters. The highest BCUT2D eigenvalue weighted by atomic mass is 35.5. The van der Waals surface area contributed by atoms with Crippen LogP contribution in [0.25, 0.3) is 22.8 Å². The zero-order chi connectivity index (χ0) is 16.9. The minimum atomic E-state index is -0.478. The van der Waals surface area contributed by atoms with E-state index >= 15 is 0 Å². The van der Waals surface area contributed by atoms with Crippen molar-refractivity contribution in [2.75, 3.05) is 6.54 Å². The summed E-state index contributed by atoms with van der Waals surface area (Å²) in [6, 6.07) is 13.1. The smallest absolute Gasteiger partial charge is 0.320 e. The minimum Gasteiger partial charge on any atom is -0.460 e. The molecule has 0 aliphatic heterocycles. The molecule has 0 radical (unpaired) electrons. The summed E-state index contributed by atoms with van der Waals surface area (Å²) in [4.78, 5) is 15.4. The number of benzene rings is 2. The van der Waals surface area contributed by atoms with Crippen molar-refractivity contribution in [3.8, 4) is 22.8 Å². The zero-order valence-corrected chi connectivity index (χ0v) is 13.8. The highest BCUT2D eigenvalue weighted by Crippen LogP contribution is 2.23. The van der Waals surface area contributed by atoms with Gasteiger partial charge in [-0.25, -0.2) is 4.39 Å². The van der Waals surface area contributed by atoms with Crippen LogP contribution in [0.15, 0.2) is 53.1 Å². The van der Waals surface area contributed by atoms with E-state index in [0.717, 1.165) is 5.56 Å². The lowest BCUT2D eigenvalue weighted by molar-refractivity contribution is -0.143. The monoisotopic (exact) mass is 363 g/mol. The summed E-state index contributed by atoms with van der Waals surface area (Å²) in [5, 5.41) is 3.91. The third kappa shape index (κ3) is 4.62. The molecule has 0 saturated carbocycles. The van der Waals surface area contributed by atoms with Gasteiger partial charge in [-0.15, -0.1) is 12.4 Å². The fraction of sp³-hybridized carbons (Fsp3) is 0.118. The summed E-state index contributed by atoms with van der Waals surface area (Å²) in [6.45, 7) is -0.0555. The van der Waals surface area contributed by atoms with Gasteiger partial charge < -0.3 is 15.0 Å². The number of hydrogen-bond acceptors (Lipinski definition) is 6. The lowest BCUT2D eigenvalue weighted by Crippen LogP contribution is -2.16. The van der Waals surface area contributed by atoms with Crippen molar-refractivity contribution in [3.05, 3.63) is 59.9 Å². The van der Waals surface area contributed by atoms with Gasteiger partial charge in [-0.05, 0) is 29.8 Å². The Morgan fingerprint density at radius 3 is 2.68 bits per heavy atom. The maximum absolute atomic E-state index is 13.3. The highest BCUT2D eigenvalue weighted by molar-refractivity contribution is 5.85. The van der Waals surface area contributed by atoms with Crippen molar-refractivity contribution in [2.45, 2.75) is 6.61 Å². The molecule has 0 spiro atoms. The predicted molar refractivity (Wildman–Crippen MR) is 91.2 cm³/mol. The van der Waals surface area contributed by atoms with E-state index in [1.54, 1.807) is 36.4 Å². The Labute approximate surface area is 149 Å². The molecule has 1 aromatic heterocycles. The zero-order valence-electron chi connectivity index (χ0n) is 13.0. The number of aromatic nitrogens is 2. The van der Waals surface area contributed by atoms with Crippen LogP contribution in [-0.4, -0.2) is 22.7 Å². The molecule has 0 aliphatic carbocycles. The average molecular weight is 364 g/mol. The first-order chi connectivity index (χ1) is 11.7. The average Bonchev–Trinajstić information content (AvgIpc) is 3.10. The van der Waals surface area contributed by atoms with E-state index in [0.29, 0.717) is 17.0 Å². The van der Waals surface area contributed by atoms with Crippen LogP contribution < -0.4 is 5.73 Å². The van der Waals surface area contributed by atoms with Crippen molar-refractivity contribution < 1.29 is 18.4 Å². The second-order valence-electron chi connectivity index (χ2n) is 5.00. The second-order valence-corrected chi connectivity index (χ2v) is 5.00. The van der Waals surface area contributed by atoms with Crippen LogP contribution in [0.5, 0.6) is 0 Å². The maximum atomic E-state index is 13.3. The first-order valence-electron chi connectivity index (χ1n) is 7.20. The molecule has 8 heteroatoms. The van der Waals surface area contributed by atoms with Gasteiger partial charge in [0.25, 0.3) is 5.89 Å². The molecular formula is C17H15ClFN3O3. The summed E-state index contributed by atoms with van der Waals surface area (Å²) >= 11 is 0. The molecule has 25 heavy (non-hydrogen) atoms. The quantitative estimate of drug-likeness (QED) is 0.701. The van der Waals surface area contributed by atoms with Crippen molar-refractivity contribution >= 4 is 18.4 Å². The lowest BCUT2D eigenvalue weighted by atomic mass is 10.1. The van der Waals surface area contributed by atoms with Crippen LogP contribution in [0.1, 0.15) is 5.56 Å². The number of hydrogen-bond donors (Lipinski definition) is 1. The number of rotatable bonds is 5. The number of nitrogens with two attached hydrogens (primary N) is 1. The number of carbonyl (C=O) groups excluding carboxylic acids is 1. The fourth-order valence-corrected chi connectivity index (χ4v) is 2.10. The third-order valence-electron chi connectivity index (χ3n) is 3.25. The lowest BCUT2D eigenvalue weighted by Gasteiger charge is -2.04. The van der Waals surface area contributed by atoms with Crippen LogP contribution in [0.2, 0.25) is 0 Å². The van der Waals surface area contributed by atoms with Crippen LogP contribution >= 0.6 is 12.4 Å². The Morgan fingerprint density at radius 1 is 1.16 bits per heavy atom. The van der Waals surface area contributed by atoms with E-state index in [9.17, 15) is 9.18 Å². The molecule has 0 fully saturated rings. The van der Waals surface area contributed by atoms with Gasteiger partial charge in [-0.1, -0.05) is 29.4 Å². The fourth-order valence-electron chi connectivity index (χ4n) is 2.10. The van der Waals surface area contributed by atoms with Gasteiger partial charge in [-0.2, -0.15) is 4.98 Å². The molecule has 0 amide bonds. The van der Waals surface area contributed by atoms with Crippen LogP contribution in [0.4, 0.5) is 4.39 Å². The summed E-state index contributed by atoms with van der Waals surface area (Å²) in [5.41, 5.74) is 7.16. The molecule has 3 rings (SSSR count). The summed E-state index contributed by atoms with van der Waals surface area (Å²) < 4.78 is 23.4. The summed E-state index contributed by atoms with van der Waals surface area (Å²) in [7, 11) is 0. The summed E-state index contributed by atoms with van der Waals surface area (Å²) in [6.07, 6.45) is 0. The Kier molecular flexibility index (Phi) is 6.21. The molecule has 6 nitrogen and oxygen atoms in total. The number of ether oxygens (including phenoxy) is 1. The van der Waals surface area contributed by atoms with Crippen molar-refractivity contribution in [2.24, 2.45) is 5.73 Å². The van der Waals surface area contributed by atoms with Crippen LogP contribution in [0.3, 0.4) is 0 Å². The molecule has 2 aromatic carbocycles. The predicted octanol–water partition coefficient (Wildman–Crippen LogP) is 2.97. The van der Waals surface area contributed by atoms with Gasteiger partial charge in [-0.3, -0.25) is 4.79 Å². The third-order valence-corrected chi connectivity index (χ3v) is 3.25. The topological polar surface area (TPSA) is 91.2 Å². The first kappa shape index (κ1) is 18.6. The largest absolute Gasteiger partial charge is 0.460 e. The van der Waals surface area contributed by atoms with Crippen molar-refractivity contribution in [3.63, 3.8) is 0 Å². The molecule has 0 bridgehead atoms. The molecule has 0 unspecified atom stereocenters. The Bertz CT molecular complexity index is 870. The number of nitrogens with zero attached hydrogens (tertiary/aromatic N) is 2. The van der Waals surface area contributed by atoms with E-state index in [1.807, 2.05) is 0 Å². The van der Waals surface area contributed by atoms with Gasteiger partial charge >= 0.3 is 5.97 Å². The Hall–Kier alpha value is -2.77. The van der Waals surface area contributed by atoms with Gasteiger partial charge in [0, 0.05) is 11.1 Å². The molecule has 3 aromatic rings. The SMILES string of the molecule is Cl.NCC(=O)OCc1cccc(-c2noc(-c3cccc(F)c3)n2)c1. The Morgan fingerprint density at radius 2 is 1.92 bits per heavy atom. The van der Waals surface area contributed by atoms with Gasteiger partial charge in [0.2, 0.25) is 5.82 Å². The number of esters is 1. The normalized spacial score (nSPS) is 10.2. The van der Waals surface area contributed by atoms with Crippen LogP contribution in [0, 0.1) is 5.82 Å². The van der Waals surface area contributed by atoms with Crippen molar-refractivity contribution in [1.29, 1.82) is 0 Å². The molecule has 1 heterocycles. The molecule has 130 valence electrons. The number of carbonyl (C=O) groups is 1. The van der Waals surface area contributed by atoms with E-state index < -0.39 is 5.97 Å². The molecule has 0 aliphatic rings. The maximum Gasteiger partial charge on any atom is 0.320 e. The van der Waals surface area contributed by atoms with E-state index in [2.05, 4.69) is 10.1 Å². The minimum absolute atomic E-state index is 0. The molecule has 0 saturated heterocycles. The van der Waals surface area contributed by atoms with E-state index in [1.165, 1.54) is 12.1 Å². The van der Waals surface area contributed by atoms with Crippen LogP contribution in [-0.2, 0) is 16.1 Å². The van der Waals surface area contributed by atoms with Gasteiger partial charge in [0.1, 0.15) is 12.4 Å². The Balaban J connectivity index is 0.00000225. The van der Waals surface area contributed by atoms with Gasteiger partial charge in [0.15, 0.2) is 0 Å². The van der Waals surface area contributed by atoms with Crippen molar-refractivity contribution in [1.82, 2.24) is 10.1 Å².